The SMILES string of the molecule is c1ccc2oc(Nc3ccc4[nH]ncc4c3)nc2c1. The smallest absolute Gasteiger partial charge is 0.300 e. The van der Waals surface area contributed by atoms with E-state index in [1.807, 2.05) is 42.5 Å². The third-order valence-corrected chi connectivity index (χ3v) is 2.99. The van der Waals surface area contributed by atoms with E-state index < -0.39 is 0 Å². The highest BCUT2D eigenvalue weighted by Crippen LogP contribution is 2.23. The number of aromatic amines is 1. The number of hydrogen-bond acceptors (Lipinski definition) is 4. The second-order valence-corrected chi connectivity index (χ2v) is 4.28. The van der Waals surface area contributed by atoms with Crippen molar-refractivity contribution in [3.8, 4) is 0 Å². The molecule has 0 radical (unpaired) electrons. The number of anilines is 2. The Bertz CT molecular complexity index is 829. The maximum atomic E-state index is 5.62. The number of hydrogen-bond donors (Lipinski definition) is 2. The van der Waals surface area contributed by atoms with Crippen molar-refractivity contribution in [3.63, 3.8) is 0 Å². The van der Waals surface area contributed by atoms with E-state index in [0.29, 0.717) is 6.01 Å². The second-order valence-electron chi connectivity index (χ2n) is 4.28. The van der Waals surface area contributed by atoms with Gasteiger partial charge in [0.1, 0.15) is 5.52 Å². The van der Waals surface area contributed by atoms with Crippen LogP contribution in [-0.4, -0.2) is 15.2 Å². The molecule has 0 saturated carbocycles. The molecule has 92 valence electrons. The Morgan fingerprint density at radius 2 is 2.05 bits per heavy atom. The van der Waals surface area contributed by atoms with E-state index in [0.717, 1.165) is 27.7 Å². The van der Waals surface area contributed by atoms with Gasteiger partial charge in [-0.3, -0.25) is 5.10 Å². The molecule has 0 aliphatic heterocycles. The molecule has 19 heavy (non-hydrogen) atoms. The van der Waals surface area contributed by atoms with Crippen LogP contribution in [0.2, 0.25) is 0 Å². The zero-order valence-corrected chi connectivity index (χ0v) is 9.92. The normalized spacial score (nSPS) is 11.2. The molecule has 5 heteroatoms. The molecule has 0 atom stereocenters. The Balaban J connectivity index is 1.72. The summed E-state index contributed by atoms with van der Waals surface area (Å²) in [6.07, 6.45) is 1.78. The molecule has 5 nitrogen and oxygen atoms in total. The van der Waals surface area contributed by atoms with Gasteiger partial charge in [-0.25, -0.2) is 0 Å². The van der Waals surface area contributed by atoms with Gasteiger partial charge in [0.2, 0.25) is 0 Å². The standard InChI is InChI=1S/C14H10N4O/c1-2-4-13-12(3-1)17-14(19-13)16-10-5-6-11-9(7-10)8-15-18-11/h1-8H,(H,15,18)(H,16,17). The van der Waals surface area contributed by atoms with E-state index in [-0.39, 0.29) is 0 Å². The molecule has 0 amide bonds. The van der Waals surface area contributed by atoms with Crippen LogP contribution in [0.3, 0.4) is 0 Å². The summed E-state index contributed by atoms with van der Waals surface area (Å²) >= 11 is 0. The molecule has 4 aromatic rings. The van der Waals surface area contributed by atoms with E-state index in [2.05, 4.69) is 20.5 Å². The van der Waals surface area contributed by atoms with Crippen LogP contribution in [0, 0.1) is 0 Å². The third-order valence-electron chi connectivity index (χ3n) is 2.99. The van der Waals surface area contributed by atoms with Crippen LogP contribution in [0.5, 0.6) is 0 Å². The molecule has 2 aromatic carbocycles. The number of benzene rings is 2. The fourth-order valence-electron chi connectivity index (χ4n) is 2.07. The summed E-state index contributed by atoms with van der Waals surface area (Å²) in [5, 5.41) is 11.1. The van der Waals surface area contributed by atoms with Gasteiger partial charge in [0.25, 0.3) is 6.01 Å². The molecule has 0 aliphatic rings. The fourth-order valence-corrected chi connectivity index (χ4v) is 2.07. The van der Waals surface area contributed by atoms with Crippen LogP contribution < -0.4 is 5.32 Å². The average molecular weight is 250 g/mol. The molecule has 0 unspecified atom stereocenters. The van der Waals surface area contributed by atoms with Gasteiger partial charge < -0.3 is 9.73 Å². The molecule has 0 spiro atoms. The first-order valence-electron chi connectivity index (χ1n) is 5.94. The summed E-state index contributed by atoms with van der Waals surface area (Å²) in [4.78, 5) is 4.37. The minimum atomic E-state index is 0.490. The number of H-pyrrole nitrogens is 1. The van der Waals surface area contributed by atoms with Gasteiger partial charge >= 0.3 is 0 Å². The Morgan fingerprint density at radius 1 is 1.11 bits per heavy atom. The lowest BCUT2D eigenvalue weighted by Gasteiger charge is -2.00. The zero-order chi connectivity index (χ0) is 12.7. The highest BCUT2D eigenvalue weighted by molar-refractivity contribution is 5.83. The highest BCUT2D eigenvalue weighted by atomic mass is 16.4. The molecule has 2 N–H and O–H groups in total. The van der Waals surface area contributed by atoms with Gasteiger partial charge in [0, 0.05) is 11.1 Å². The molecular formula is C14H10N4O. The number of fused-ring (bicyclic) bond motifs is 2. The van der Waals surface area contributed by atoms with Gasteiger partial charge in [-0.1, -0.05) is 12.1 Å². The summed E-state index contributed by atoms with van der Waals surface area (Å²) in [5.41, 5.74) is 3.53. The summed E-state index contributed by atoms with van der Waals surface area (Å²) in [5.74, 6) is 0. The third kappa shape index (κ3) is 1.72. The van der Waals surface area contributed by atoms with E-state index >= 15 is 0 Å². The molecule has 2 aromatic heterocycles. The lowest BCUT2D eigenvalue weighted by Crippen LogP contribution is -1.89. The first kappa shape index (κ1) is 10.1. The largest absolute Gasteiger partial charge is 0.423 e. The molecule has 4 rings (SSSR count). The Morgan fingerprint density at radius 3 is 3.00 bits per heavy atom. The molecule has 0 saturated heterocycles. The number of nitrogens with zero attached hydrogens (tertiary/aromatic N) is 2. The van der Waals surface area contributed by atoms with Crippen LogP contribution >= 0.6 is 0 Å². The number of rotatable bonds is 2. The van der Waals surface area contributed by atoms with Crippen molar-refractivity contribution in [1.82, 2.24) is 15.2 Å². The van der Waals surface area contributed by atoms with Gasteiger partial charge in [-0.15, -0.1) is 0 Å². The van der Waals surface area contributed by atoms with Crippen molar-refractivity contribution in [2.45, 2.75) is 0 Å². The van der Waals surface area contributed by atoms with Gasteiger partial charge in [-0.05, 0) is 30.3 Å². The Hall–Kier alpha value is -2.82. The Kier molecular flexibility index (Phi) is 2.05. The van der Waals surface area contributed by atoms with Crippen LogP contribution in [0.1, 0.15) is 0 Å². The summed E-state index contributed by atoms with van der Waals surface area (Å²) < 4.78 is 5.62. The van der Waals surface area contributed by atoms with E-state index in [1.165, 1.54) is 0 Å². The Labute approximate surface area is 108 Å². The first-order chi connectivity index (χ1) is 9.38. The first-order valence-corrected chi connectivity index (χ1v) is 5.94. The molecule has 0 fully saturated rings. The summed E-state index contributed by atoms with van der Waals surface area (Å²) in [6, 6.07) is 14.1. The maximum Gasteiger partial charge on any atom is 0.300 e. The van der Waals surface area contributed by atoms with Gasteiger partial charge in [0.05, 0.1) is 11.7 Å². The van der Waals surface area contributed by atoms with Crippen LogP contribution in [-0.2, 0) is 0 Å². The van der Waals surface area contributed by atoms with Crippen LogP contribution in [0.15, 0.2) is 53.1 Å². The number of para-hydroxylation sites is 2. The minimum absolute atomic E-state index is 0.490. The van der Waals surface area contributed by atoms with Crippen LogP contribution in [0.25, 0.3) is 22.0 Å². The predicted octanol–water partition coefficient (Wildman–Crippen LogP) is 3.45. The van der Waals surface area contributed by atoms with Crippen molar-refractivity contribution >= 4 is 33.7 Å². The molecular weight excluding hydrogens is 240 g/mol. The zero-order valence-electron chi connectivity index (χ0n) is 9.92. The van der Waals surface area contributed by atoms with Crippen molar-refractivity contribution in [3.05, 3.63) is 48.7 Å². The number of oxazole rings is 1. The maximum absolute atomic E-state index is 5.62. The summed E-state index contributed by atoms with van der Waals surface area (Å²) in [6.45, 7) is 0. The fraction of sp³-hybridized carbons (Fsp3) is 0. The van der Waals surface area contributed by atoms with E-state index in [4.69, 9.17) is 4.42 Å². The summed E-state index contributed by atoms with van der Waals surface area (Å²) in [7, 11) is 0. The number of aromatic nitrogens is 3. The topological polar surface area (TPSA) is 66.7 Å². The molecule has 0 aliphatic carbocycles. The van der Waals surface area contributed by atoms with Crippen molar-refractivity contribution in [1.29, 1.82) is 0 Å². The molecule has 0 bridgehead atoms. The average Bonchev–Trinajstić information content (AvgIpc) is 3.03. The highest BCUT2D eigenvalue weighted by Gasteiger charge is 2.05. The van der Waals surface area contributed by atoms with Gasteiger partial charge in [-0.2, -0.15) is 10.1 Å². The minimum Gasteiger partial charge on any atom is -0.423 e. The predicted molar refractivity (Wildman–Crippen MR) is 73.4 cm³/mol. The van der Waals surface area contributed by atoms with Gasteiger partial charge in [0.15, 0.2) is 5.58 Å². The number of nitrogens with one attached hydrogen (secondary N) is 2. The van der Waals surface area contributed by atoms with Crippen molar-refractivity contribution in [2.75, 3.05) is 5.32 Å². The molecule has 2 heterocycles. The lowest BCUT2D eigenvalue weighted by atomic mass is 10.2. The van der Waals surface area contributed by atoms with Crippen molar-refractivity contribution in [2.24, 2.45) is 0 Å². The lowest BCUT2D eigenvalue weighted by molar-refractivity contribution is 0.623. The monoisotopic (exact) mass is 250 g/mol. The quantitative estimate of drug-likeness (QED) is 0.571. The van der Waals surface area contributed by atoms with Crippen LogP contribution in [0.4, 0.5) is 11.7 Å². The second kappa shape index (κ2) is 3.84. The van der Waals surface area contributed by atoms with E-state index in [9.17, 15) is 0 Å². The van der Waals surface area contributed by atoms with Crippen molar-refractivity contribution < 1.29 is 4.42 Å². The van der Waals surface area contributed by atoms with E-state index in [1.54, 1.807) is 6.20 Å².